The van der Waals surface area contributed by atoms with Crippen molar-refractivity contribution >= 4 is 0 Å². The molecule has 0 saturated heterocycles. The highest BCUT2D eigenvalue weighted by Gasteiger charge is 2.34. The van der Waals surface area contributed by atoms with Gasteiger partial charge in [-0.15, -0.1) is 0 Å². The molecule has 0 aromatic heterocycles. The van der Waals surface area contributed by atoms with Crippen LogP contribution in [0, 0.1) is 5.92 Å². The summed E-state index contributed by atoms with van der Waals surface area (Å²) in [6.45, 7) is 5.95. The Morgan fingerprint density at radius 2 is 1.90 bits per heavy atom. The van der Waals surface area contributed by atoms with Crippen LogP contribution in [0.25, 0.3) is 0 Å². The highest BCUT2D eigenvalue weighted by molar-refractivity contribution is 5.39. The van der Waals surface area contributed by atoms with Crippen LogP contribution in [0.5, 0.6) is 5.75 Å². The minimum atomic E-state index is -4.42. The van der Waals surface area contributed by atoms with Gasteiger partial charge in [-0.1, -0.05) is 26.8 Å². The van der Waals surface area contributed by atoms with Crippen molar-refractivity contribution < 1.29 is 17.9 Å². The number of ether oxygens (including phenoxy) is 1. The van der Waals surface area contributed by atoms with Crippen molar-refractivity contribution in [2.75, 3.05) is 6.61 Å². The zero-order chi connectivity index (χ0) is 15.3. The monoisotopic (exact) mass is 289 g/mol. The number of alkyl halides is 3. The molecular formula is C15H22F3NO. The molecule has 1 rings (SSSR count). The lowest BCUT2D eigenvalue weighted by Gasteiger charge is -2.17. The first-order valence-electron chi connectivity index (χ1n) is 6.82. The smallest absolute Gasteiger partial charge is 0.419 e. The van der Waals surface area contributed by atoms with Crippen LogP contribution >= 0.6 is 0 Å². The van der Waals surface area contributed by atoms with E-state index in [-0.39, 0.29) is 24.3 Å². The number of halogens is 3. The van der Waals surface area contributed by atoms with E-state index in [0.717, 1.165) is 12.5 Å². The van der Waals surface area contributed by atoms with E-state index in [1.807, 2.05) is 20.8 Å². The second-order valence-corrected chi connectivity index (χ2v) is 5.41. The number of hydrogen-bond acceptors (Lipinski definition) is 2. The van der Waals surface area contributed by atoms with Gasteiger partial charge in [0.15, 0.2) is 0 Å². The van der Waals surface area contributed by atoms with E-state index < -0.39 is 11.7 Å². The molecule has 0 fully saturated rings. The molecule has 1 unspecified atom stereocenters. The molecule has 0 saturated carbocycles. The average Bonchev–Trinajstić information content (AvgIpc) is 2.35. The normalized spacial score (nSPS) is 13.6. The van der Waals surface area contributed by atoms with Crippen LogP contribution in [-0.4, -0.2) is 12.6 Å². The molecule has 0 heterocycles. The van der Waals surface area contributed by atoms with Crippen LogP contribution in [0.1, 0.15) is 38.3 Å². The fourth-order valence-electron chi connectivity index (χ4n) is 1.76. The highest BCUT2D eigenvalue weighted by atomic mass is 19.4. The first-order chi connectivity index (χ1) is 9.24. The summed E-state index contributed by atoms with van der Waals surface area (Å²) in [4.78, 5) is 0. The van der Waals surface area contributed by atoms with Gasteiger partial charge in [-0.2, -0.15) is 13.2 Å². The lowest BCUT2D eigenvalue weighted by atomic mass is 10.0. The average molecular weight is 289 g/mol. The second kappa shape index (κ2) is 6.97. The topological polar surface area (TPSA) is 35.2 Å². The lowest BCUT2D eigenvalue weighted by Crippen LogP contribution is -2.21. The van der Waals surface area contributed by atoms with Gasteiger partial charge in [0.2, 0.25) is 0 Å². The van der Waals surface area contributed by atoms with Gasteiger partial charge < -0.3 is 10.5 Å². The van der Waals surface area contributed by atoms with Crippen LogP contribution in [0.15, 0.2) is 18.2 Å². The first kappa shape index (κ1) is 16.8. The number of nitrogens with two attached hydrogens (primary N) is 1. The summed E-state index contributed by atoms with van der Waals surface area (Å²) in [6, 6.07) is 4.06. The number of hydrogen-bond donors (Lipinski definition) is 1. The third-order valence-corrected chi connectivity index (χ3v) is 2.94. The maximum absolute atomic E-state index is 13.1. The molecule has 2 nitrogen and oxygen atoms in total. The minimum absolute atomic E-state index is 0.111. The Morgan fingerprint density at radius 1 is 1.25 bits per heavy atom. The molecular weight excluding hydrogens is 267 g/mol. The Hall–Kier alpha value is -1.23. The summed E-state index contributed by atoms with van der Waals surface area (Å²) < 4.78 is 44.4. The molecule has 1 aromatic carbocycles. The fraction of sp³-hybridized carbons (Fsp3) is 0.600. The van der Waals surface area contributed by atoms with Crippen LogP contribution < -0.4 is 10.5 Å². The third-order valence-electron chi connectivity index (χ3n) is 2.94. The molecule has 2 N–H and O–H groups in total. The zero-order valence-corrected chi connectivity index (χ0v) is 12.1. The maximum atomic E-state index is 13.1. The number of rotatable bonds is 6. The molecule has 1 aromatic rings. The van der Waals surface area contributed by atoms with E-state index in [1.54, 1.807) is 6.07 Å². The first-order valence-corrected chi connectivity index (χ1v) is 6.82. The van der Waals surface area contributed by atoms with Crippen LogP contribution in [-0.2, 0) is 12.6 Å². The van der Waals surface area contributed by atoms with Gasteiger partial charge in [-0.05, 0) is 36.5 Å². The van der Waals surface area contributed by atoms with Crippen molar-refractivity contribution in [1.29, 1.82) is 0 Å². The van der Waals surface area contributed by atoms with Gasteiger partial charge in [0, 0.05) is 6.04 Å². The Balaban J connectivity index is 3.01. The zero-order valence-electron chi connectivity index (χ0n) is 12.1. The van der Waals surface area contributed by atoms with Crippen LogP contribution in [0.2, 0.25) is 0 Å². The van der Waals surface area contributed by atoms with Crippen molar-refractivity contribution in [2.24, 2.45) is 11.7 Å². The van der Waals surface area contributed by atoms with Crippen molar-refractivity contribution in [1.82, 2.24) is 0 Å². The molecule has 0 bridgehead atoms. The van der Waals surface area contributed by atoms with Gasteiger partial charge in [-0.25, -0.2) is 0 Å². The summed E-state index contributed by atoms with van der Waals surface area (Å²) in [6.07, 6.45) is -3.25. The van der Waals surface area contributed by atoms with Crippen molar-refractivity contribution in [2.45, 2.75) is 45.8 Å². The Bertz CT molecular complexity index is 430. The second-order valence-electron chi connectivity index (χ2n) is 5.41. The van der Waals surface area contributed by atoms with Gasteiger partial charge >= 0.3 is 6.18 Å². The summed E-state index contributed by atoms with van der Waals surface area (Å²) in [5.74, 6) is 0.0595. The Labute approximate surface area is 118 Å². The van der Waals surface area contributed by atoms with Gasteiger partial charge in [0.25, 0.3) is 0 Å². The van der Waals surface area contributed by atoms with Gasteiger partial charge in [0.1, 0.15) is 5.75 Å². The molecule has 0 amide bonds. The van der Waals surface area contributed by atoms with E-state index in [9.17, 15) is 13.2 Å². The van der Waals surface area contributed by atoms with Gasteiger partial charge in [-0.3, -0.25) is 0 Å². The maximum Gasteiger partial charge on any atom is 0.419 e. The van der Waals surface area contributed by atoms with Crippen molar-refractivity contribution in [3.8, 4) is 5.75 Å². The molecule has 5 heteroatoms. The molecule has 0 aliphatic rings. The van der Waals surface area contributed by atoms with Crippen molar-refractivity contribution in [3.05, 3.63) is 29.3 Å². The predicted molar refractivity (Wildman–Crippen MR) is 73.7 cm³/mol. The molecule has 114 valence electrons. The largest absolute Gasteiger partial charge is 0.493 e. The molecule has 0 radical (unpaired) electrons. The summed E-state index contributed by atoms with van der Waals surface area (Å²) in [7, 11) is 0. The molecule has 0 aliphatic heterocycles. The third kappa shape index (κ3) is 5.04. The predicted octanol–water partition coefficient (Wildman–Crippen LogP) is 4.02. The van der Waals surface area contributed by atoms with E-state index in [1.165, 1.54) is 6.07 Å². The Kier molecular flexibility index (Phi) is 5.87. The van der Waals surface area contributed by atoms with Gasteiger partial charge in [0.05, 0.1) is 12.2 Å². The SMILES string of the molecule is CCC(N)Cc1ccc(OCC(C)C)c(C(F)(F)F)c1. The molecule has 0 spiro atoms. The van der Waals surface area contributed by atoms with Crippen LogP contribution in [0.4, 0.5) is 13.2 Å². The quantitative estimate of drug-likeness (QED) is 0.858. The molecule has 1 atom stereocenters. The number of benzene rings is 1. The highest BCUT2D eigenvalue weighted by Crippen LogP contribution is 2.37. The van der Waals surface area contributed by atoms with E-state index >= 15 is 0 Å². The van der Waals surface area contributed by atoms with E-state index in [0.29, 0.717) is 12.0 Å². The summed E-state index contributed by atoms with van der Waals surface area (Å²) in [5, 5.41) is 0. The molecule has 0 aliphatic carbocycles. The molecule has 20 heavy (non-hydrogen) atoms. The van der Waals surface area contributed by atoms with Crippen LogP contribution in [0.3, 0.4) is 0 Å². The minimum Gasteiger partial charge on any atom is -0.493 e. The van der Waals surface area contributed by atoms with E-state index in [4.69, 9.17) is 10.5 Å². The standard InChI is InChI=1S/C15H22F3NO/c1-4-12(19)7-11-5-6-14(20-9-10(2)3)13(8-11)15(16,17)18/h5-6,8,10,12H,4,7,9,19H2,1-3H3. The fourth-order valence-corrected chi connectivity index (χ4v) is 1.76. The summed E-state index contributed by atoms with van der Waals surface area (Å²) >= 11 is 0. The van der Waals surface area contributed by atoms with Crippen molar-refractivity contribution in [3.63, 3.8) is 0 Å². The lowest BCUT2D eigenvalue weighted by molar-refractivity contribution is -0.139. The van der Waals surface area contributed by atoms with E-state index in [2.05, 4.69) is 0 Å². The Morgan fingerprint density at radius 3 is 2.40 bits per heavy atom. The summed E-state index contributed by atoms with van der Waals surface area (Å²) in [5.41, 5.74) is 5.65.